The molecule has 2 aromatic rings. The van der Waals surface area contributed by atoms with E-state index in [9.17, 15) is 9.59 Å². The molecule has 0 saturated heterocycles. The van der Waals surface area contributed by atoms with Gasteiger partial charge >= 0.3 is 11.9 Å². The maximum atomic E-state index is 12.9. The Morgan fingerprint density at radius 3 is 2.45 bits per heavy atom. The molecule has 2 aliphatic rings. The van der Waals surface area contributed by atoms with Gasteiger partial charge in [-0.05, 0) is 46.1 Å². The van der Waals surface area contributed by atoms with Crippen LogP contribution < -0.4 is 14.2 Å². The molecule has 0 aromatic heterocycles. The predicted molar refractivity (Wildman–Crippen MR) is 119 cm³/mol. The highest BCUT2D eigenvalue weighted by atomic mass is 16.6. The second kappa shape index (κ2) is 7.84. The van der Waals surface area contributed by atoms with Gasteiger partial charge < -0.3 is 14.2 Å². The molecule has 0 saturated carbocycles. The molecule has 2 aromatic carbocycles. The highest BCUT2D eigenvalue weighted by Crippen LogP contribution is 2.50. The number of benzene rings is 2. The lowest BCUT2D eigenvalue weighted by Crippen LogP contribution is -2.33. The Morgan fingerprint density at radius 1 is 1.10 bits per heavy atom. The third-order valence-electron chi connectivity index (χ3n) is 5.64. The van der Waals surface area contributed by atoms with E-state index in [2.05, 4.69) is 4.99 Å². The minimum absolute atomic E-state index is 0.0671. The molecule has 0 aliphatic carbocycles. The van der Waals surface area contributed by atoms with Crippen LogP contribution >= 0.6 is 0 Å². The van der Waals surface area contributed by atoms with E-state index in [0.717, 1.165) is 40.8 Å². The normalized spacial score (nSPS) is 17.1. The van der Waals surface area contributed by atoms with Crippen LogP contribution in [0.25, 0.3) is 10.8 Å². The fourth-order valence-electron chi connectivity index (χ4n) is 4.18. The number of aliphatic imine (C=N–C) groups is 1. The molecule has 0 spiro atoms. The molecule has 2 heterocycles. The molecule has 0 fully saturated rings. The first-order valence-corrected chi connectivity index (χ1v) is 10.5. The van der Waals surface area contributed by atoms with E-state index >= 15 is 0 Å². The lowest BCUT2D eigenvalue weighted by atomic mass is 9.91. The number of ether oxygens (including phenoxy) is 3. The van der Waals surface area contributed by atoms with Crippen LogP contribution in [0.2, 0.25) is 0 Å². The number of esters is 2. The molecule has 31 heavy (non-hydrogen) atoms. The van der Waals surface area contributed by atoms with Crippen molar-refractivity contribution in [3.63, 3.8) is 0 Å². The standard InChI is InChI=1S/C25H27NO5/c1-14-12-15(2)26-20(14)13-21(28)30-23-18-9-7-6-8-17(18)22-19(24(23)29-16(3)27)10-11-25(4,5)31-22/h6-9H,10-13H2,1-5H3. The SMILES string of the molecule is CC(=O)Oc1c2c(c3ccccc3c1OC(=O)CC1=C(C)CC(C)=N1)OC(C)(C)CC2. The summed E-state index contributed by atoms with van der Waals surface area (Å²) in [6.45, 7) is 9.32. The van der Waals surface area contributed by atoms with Crippen molar-refractivity contribution in [2.75, 3.05) is 0 Å². The molecule has 0 amide bonds. The summed E-state index contributed by atoms with van der Waals surface area (Å²) >= 11 is 0. The van der Waals surface area contributed by atoms with Crippen molar-refractivity contribution in [1.82, 2.24) is 0 Å². The molecular formula is C25H27NO5. The summed E-state index contributed by atoms with van der Waals surface area (Å²) in [7, 11) is 0. The van der Waals surface area contributed by atoms with Crippen LogP contribution in [0.15, 0.2) is 40.5 Å². The Bertz CT molecular complexity index is 1160. The van der Waals surface area contributed by atoms with Gasteiger partial charge in [-0.1, -0.05) is 24.3 Å². The number of hydrogen-bond acceptors (Lipinski definition) is 6. The Labute approximate surface area is 181 Å². The van der Waals surface area contributed by atoms with Gasteiger partial charge in [-0.25, -0.2) is 0 Å². The van der Waals surface area contributed by atoms with E-state index in [1.807, 2.05) is 52.0 Å². The number of carbonyl (C=O) groups excluding carboxylic acids is 2. The topological polar surface area (TPSA) is 74.2 Å². The maximum absolute atomic E-state index is 12.9. The van der Waals surface area contributed by atoms with Gasteiger partial charge in [0, 0.05) is 35.4 Å². The summed E-state index contributed by atoms with van der Waals surface area (Å²) in [4.78, 5) is 29.3. The number of nitrogens with zero attached hydrogens (tertiary/aromatic N) is 1. The lowest BCUT2D eigenvalue weighted by molar-refractivity contribution is -0.135. The van der Waals surface area contributed by atoms with Crippen molar-refractivity contribution in [2.45, 2.75) is 65.9 Å². The van der Waals surface area contributed by atoms with Crippen LogP contribution in [-0.2, 0) is 16.0 Å². The number of fused-ring (bicyclic) bond motifs is 3. The summed E-state index contributed by atoms with van der Waals surface area (Å²) in [5.74, 6) is 0.284. The quantitative estimate of drug-likeness (QED) is 0.494. The van der Waals surface area contributed by atoms with Crippen LogP contribution in [0.3, 0.4) is 0 Å². The fraction of sp³-hybridized carbons (Fsp3) is 0.400. The molecular weight excluding hydrogens is 394 g/mol. The van der Waals surface area contributed by atoms with Gasteiger partial charge in [0.25, 0.3) is 0 Å². The van der Waals surface area contributed by atoms with E-state index in [-0.39, 0.29) is 23.5 Å². The molecule has 6 nitrogen and oxygen atoms in total. The Kier molecular flexibility index (Phi) is 5.33. The zero-order chi connectivity index (χ0) is 22.3. The highest BCUT2D eigenvalue weighted by Gasteiger charge is 2.34. The Balaban J connectivity index is 1.81. The van der Waals surface area contributed by atoms with Crippen molar-refractivity contribution in [1.29, 1.82) is 0 Å². The van der Waals surface area contributed by atoms with Gasteiger partial charge in [-0.15, -0.1) is 0 Å². The number of allylic oxidation sites excluding steroid dienone is 1. The van der Waals surface area contributed by atoms with Gasteiger partial charge in [-0.2, -0.15) is 0 Å². The maximum Gasteiger partial charge on any atom is 0.317 e. The van der Waals surface area contributed by atoms with E-state index < -0.39 is 11.9 Å². The van der Waals surface area contributed by atoms with Crippen LogP contribution in [0.4, 0.5) is 0 Å². The first-order chi connectivity index (χ1) is 14.6. The minimum Gasteiger partial charge on any atom is -0.487 e. The molecule has 0 radical (unpaired) electrons. The van der Waals surface area contributed by atoms with Crippen LogP contribution in [0.1, 0.15) is 59.4 Å². The van der Waals surface area contributed by atoms with Gasteiger partial charge in [0.05, 0.1) is 12.1 Å². The molecule has 6 heteroatoms. The third kappa shape index (κ3) is 4.20. The number of carbonyl (C=O) groups is 2. The van der Waals surface area contributed by atoms with Crippen molar-refractivity contribution < 1.29 is 23.8 Å². The number of hydrogen-bond donors (Lipinski definition) is 0. The zero-order valence-corrected chi connectivity index (χ0v) is 18.6. The summed E-state index contributed by atoms with van der Waals surface area (Å²) in [6.07, 6.45) is 2.24. The Morgan fingerprint density at radius 2 is 1.81 bits per heavy atom. The summed E-state index contributed by atoms with van der Waals surface area (Å²) in [6, 6.07) is 7.55. The van der Waals surface area contributed by atoms with E-state index in [1.165, 1.54) is 6.92 Å². The van der Waals surface area contributed by atoms with Crippen LogP contribution in [0.5, 0.6) is 17.2 Å². The molecule has 0 bridgehead atoms. The van der Waals surface area contributed by atoms with Gasteiger partial charge in [-0.3, -0.25) is 14.6 Å². The Hall–Kier alpha value is -3.15. The molecule has 162 valence electrons. The van der Waals surface area contributed by atoms with E-state index in [4.69, 9.17) is 14.2 Å². The average Bonchev–Trinajstić information content (AvgIpc) is 3.00. The van der Waals surface area contributed by atoms with E-state index in [0.29, 0.717) is 17.6 Å². The summed E-state index contributed by atoms with van der Waals surface area (Å²) in [5.41, 5.74) is 3.20. The van der Waals surface area contributed by atoms with Crippen LogP contribution in [0, 0.1) is 0 Å². The predicted octanol–water partition coefficient (Wildman–Crippen LogP) is 5.30. The molecule has 4 rings (SSSR count). The second-order valence-electron chi connectivity index (χ2n) is 8.87. The summed E-state index contributed by atoms with van der Waals surface area (Å²) < 4.78 is 17.7. The molecule has 0 atom stereocenters. The first-order valence-electron chi connectivity index (χ1n) is 10.5. The second-order valence-corrected chi connectivity index (χ2v) is 8.87. The monoisotopic (exact) mass is 421 g/mol. The smallest absolute Gasteiger partial charge is 0.317 e. The third-order valence-corrected chi connectivity index (χ3v) is 5.64. The van der Waals surface area contributed by atoms with Gasteiger partial charge in [0.1, 0.15) is 11.4 Å². The molecule has 0 N–H and O–H groups in total. The van der Waals surface area contributed by atoms with E-state index in [1.54, 1.807) is 0 Å². The summed E-state index contributed by atoms with van der Waals surface area (Å²) in [5, 5.41) is 1.49. The largest absolute Gasteiger partial charge is 0.487 e. The molecule has 2 aliphatic heterocycles. The lowest BCUT2D eigenvalue weighted by Gasteiger charge is -2.34. The van der Waals surface area contributed by atoms with Crippen LogP contribution in [-0.4, -0.2) is 23.3 Å². The minimum atomic E-state index is -0.478. The van der Waals surface area contributed by atoms with Crippen molar-refractivity contribution >= 4 is 28.4 Å². The van der Waals surface area contributed by atoms with Crippen molar-refractivity contribution in [3.05, 3.63) is 41.1 Å². The first kappa shape index (κ1) is 21.1. The van der Waals surface area contributed by atoms with Crippen molar-refractivity contribution in [2.24, 2.45) is 4.99 Å². The van der Waals surface area contributed by atoms with Gasteiger partial charge in [0.15, 0.2) is 11.5 Å². The average molecular weight is 421 g/mol. The fourth-order valence-corrected chi connectivity index (χ4v) is 4.18. The highest BCUT2D eigenvalue weighted by molar-refractivity contribution is 6.00. The number of rotatable bonds is 4. The molecule has 0 unspecified atom stereocenters. The van der Waals surface area contributed by atoms with Crippen molar-refractivity contribution in [3.8, 4) is 17.2 Å². The van der Waals surface area contributed by atoms with Gasteiger partial charge in [0.2, 0.25) is 0 Å². The zero-order valence-electron chi connectivity index (χ0n) is 18.6.